The van der Waals surface area contributed by atoms with Crippen molar-refractivity contribution in [3.63, 3.8) is 0 Å². The highest BCUT2D eigenvalue weighted by Crippen LogP contribution is 2.45. The molecule has 0 aliphatic heterocycles. The summed E-state index contributed by atoms with van der Waals surface area (Å²) in [6.07, 6.45) is 3.87. The van der Waals surface area contributed by atoms with E-state index in [9.17, 15) is 4.79 Å². The third kappa shape index (κ3) is 2.90. The summed E-state index contributed by atoms with van der Waals surface area (Å²) < 4.78 is 0. The highest BCUT2D eigenvalue weighted by molar-refractivity contribution is 6.07. The van der Waals surface area contributed by atoms with Crippen molar-refractivity contribution in [1.29, 1.82) is 0 Å². The van der Waals surface area contributed by atoms with Gasteiger partial charge in [-0.2, -0.15) is 0 Å². The van der Waals surface area contributed by atoms with Crippen LogP contribution in [0.3, 0.4) is 0 Å². The summed E-state index contributed by atoms with van der Waals surface area (Å²) in [7, 11) is 0. The average Bonchev–Trinajstić information content (AvgIpc) is 3.23. The van der Waals surface area contributed by atoms with Gasteiger partial charge in [0.05, 0.1) is 0 Å². The SMILES string of the molecule is CCN(CCNC(=O)C1(C(N)=NO)CC(C)C1)C1CC1. The Morgan fingerprint density at radius 2 is 2.15 bits per heavy atom. The maximum Gasteiger partial charge on any atom is 0.234 e. The van der Waals surface area contributed by atoms with E-state index in [0.29, 0.717) is 31.3 Å². The van der Waals surface area contributed by atoms with E-state index in [4.69, 9.17) is 10.9 Å². The fraction of sp³-hybridized carbons (Fsp3) is 0.857. The summed E-state index contributed by atoms with van der Waals surface area (Å²) >= 11 is 0. The zero-order valence-electron chi connectivity index (χ0n) is 12.4. The predicted octanol–water partition coefficient (Wildman–Crippen LogP) is 0.750. The molecule has 1 amide bonds. The number of likely N-dealkylation sites (N-methyl/N-ethyl adjacent to an activating group) is 1. The first-order chi connectivity index (χ1) is 9.53. The van der Waals surface area contributed by atoms with Crippen LogP contribution in [-0.2, 0) is 4.79 Å². The van der Waals surface area contributed by atoms with E-state index in [1.54, 1.807) is 0 Å². The molecule has 0 aromatic heterocycles. The summed E-state index contributed by atoms with van der Waals surface area (Å²) in [4.78, 5) is 14.7. The number of carbonyl (C=O) groups excluding carboxylic acids is 1. The molecule has 0 aromatic rings. The van der Waals surface area contributed by atoms with Crippen molar-refractivity contribution in [2.45, 2.75) is 45.6 Å². The maximum absolute atomic E-state index is 12.3. The second-order valence-electron chi connectivity index (χ2n) is 6.20. The lowest BCUT2D eigenvalue weighted by Gasteiger charge is -2.43. The molecule has 0 saturated heterocycles. The molecule has 0 unspecified atom stereocenters. The second kappa shape index (κ2) is 5.99. The average molecular weight is 282 g/mol. The van der Waals surface area contributed by atoms with E-state index in [2.05, 4.69) is 29.2 Å². The third-order valence-electron chi connectivity index (χ3n) is 4.58. The minimum atomic E-state index is -0.787. The monoisotopic (exact) mass is 282 g/mol. The van der Waals surface area contributed by atoms with Gasteiger partial charge in [0, 0.05) is 19.1 Å². The Bertz CT molecular complexity index is 387. The van der Waals surface area contributed by atoms with Crippen molar-refractivity contribution in [1.82, 2.24) is 10.2 Å². The maximum atomic E-state index is 12.3. The van der Waals surface area contributed by atoms with Gasteiger partial charge in [-0.15, -0.1) is 0 Å². The van der Waals surface area contributed by atoms with Gasteiger partial charge in [-0.25, -0.2) is 0 Å². The topological polar surface area (TPSA) is 91.0 Å². The number of hydrogen-bond acceptors (Lipinski definition) is 4. The van der Waals surface area contributed by atoms with Crippen LogP contribution in [0.1, 0.15) is 39.5 Å². The molecule has 20 heavy (non-hydrogen) atoms. The number of nitrogens with two attached hydrogens (primary N) is 1. The van der Waals surface area contributed by atoms with Crippen LogP contribution in [0, 0.1) is 11.3 Å². The molecule has 4 N–H and O–H groups in total. The van der Waals surface area contributed by atoms with E-state index in [1.807, 2.05) is 0 Å². The molecule has 0 bridgehead atoms. The number of rotatable bonds is 7. The summed E-state index contributed by atoms with van der Waals surface area (Å²) in [5.74, 6) is 0.389. The largest absolute Gasteiger partial charge is 0.409 e. The fourth-order valence-corrected chi connectivity index (χ4v) is 3.26. The molecule has 6 nitrogen and oxygen atoms in total. The molecule has 6 heteroatoms. The number of nitrogens with zero attached hydrogens (tertiary/aromatic N) is 2. The van der Waals surface area contributed by atoms with Crippen LogP contribution < -0.4 is 11.1 Å². The van der Waals surface area contributed by atoms with E-state index in [-0.39, 0.29) is 11.7 Å². The molecule has 2 aliphatic carbocycles. The van der Waals surface area contributed by atoms with Crippen LogP contribution in [0.4, 0.5) is 0 Å². The van der Waals surface area contributed by atoms with Gasteiger partial charge in [0.1, 0.15) is 5.41 Å². The lowest BCUT2D eigenvalue weighted by molar-refractivity contribution is -0.133. The predicted molar refractivity (Wildman–Crippen MR) is 77.5 cm³/mol. The third-order valence-corrected chi connectivity index (χ3v) is 4.58. The molecular formula is C14H26N4O2. The Morgan fingerprint density at radius 3 is 2.60 bits per heavy atom. The number of amides is 1. The Morgan fingerprint density at radius 1 is 1.50 bits per heavy atom. The van der Waals surface area contributed by atoms with Crippen molar-refractivity contribution >= 4 is 11.7 Å². The highest BCUT2D eigenvalue weighted by Gasteiger charge is 2.52. The van der Waals surface area contributed by atoms with E-state index in [0.717, 1.165) is 13.1 Å². The van der Waals surface area contributed by atoms with Crippen LogP contribution in [0.15, 0.2) is 5.16 Å². The molecule has 0 atom stereocenters. The van der Waals surface area contributed by atoms with Crippen molar-refractivity contribution in [3.8, 4) is 0 Å². The van der Waals surface area contributed by atoms with Crippen molar-refractivity contribution in [2.24, 2.45) is 22.2 Å². The molecule has 114 valence electrons. The molecule has 0 radical (unpaired) electrons. The van der Waals surface area contributed by atoms with Crippen LogP contribution in [-0.4, -0.2) is 47.5 Å². The Kier molecular flexibility index (Phi) is 4.52. The molecule has 0 heterocycles. The quantitative estimate of drug-likeness (QED) is 0.278. The van der Waals surface area contributed by atoms with Crippen molar-refractivity contribution < 1.29 is 10.0 Å². The van der Waals surface area contributed by atoms with E-state index < -0.39 is 5.41 Å². The number of nitrogens with one attached hydrogen (secondary N) is 1. The summed E-state index contributed by atoms with van der Waals surface area (Å²) in [6.45, 7) is 6.73. The fourth-order valence-electron chi connectivity index (χ4n) is 3.26. The molecule has 2 aliphatic rings. The Hall–Kier alpha value is -1.30. The van der Waals surface area contributed by atoms with Crippen LogP contribution >= 0.6 is 0 Å². The zero-order chi connectivity index (χ0) is 14.8. The summed E-state index contributed by atoms with van der Waals surface area (Å²) in [5.41, 5.74) is 4.93. The Labute approximate surface area is 120 Å². The van der Waals surface area contributed by atoms with Gasteiger partial charge < -0.3 is 16.3 Å². The highest BCUT2D eigenvalue weighted by atomic mass is 16.4. The van der Waals surface area contributed by atoms with Gasteiger partial charge in [0.2, 0.25) is 5.91 Å². The van der Waals surface area contributed by atoms with Gasteiger partial charge in [0.25, 0.3) is 0 Å². The molecule has 2 fully saturated rings. The molecule has 0 aromatic carbocycles. The number of oxime groups is 1. The van der Waals surface area contributed by atoms with Gasteiger partial charge >= 0.3 is 0 Å². The lowest BCUT2D eigenvalue weighted by atomic mass is 9.61. The Balaban J connectivity index is 1.83. The second-order valence-corrected chi connectivity index (χ2v) is 6.20. The van der Waals surface area contributed by atoms with Crippen LogP contribution in [0.5, 0.6) is 0 Å². The van der Waals surface area contributed by atoms with Crippen molar-refractivity contribution in [3.05, 3.63) is 0 Å². The summed E-state index contributed by atoms with van der Waals surface area (Å²) in [6, 6.07) is 0.707. The van der Waals surface area contributed by atoms with Gasteiger partial charge in [-0.05, 0) is 38.1 Å². The minimum absolute atomic E-state index is 0.0441. The lowest BCUT2D eigenvalue weighted by Crippen LogP contribution is -2.57. The number of amidine groups is 1. The molecule has 2 saturated carbocycles. The number of hydrogen-bond donors (Lipinski definition) is 3. The van der Waals surface area contributed by atoms with Crippen LogP contribution in [0.25, 0.3) is 0 Å². The van der Waals surface area contributed by atoms with E-state index in [1.165, 1.54) is 12.8 Å². The van der Waals surface area contributed by atoms with Crippen LogP contribution in [0.2, 0.25) is 0 Å². The minimum Gasteiger partial charge on any atom is -0.409 e. The zero-order valence-corrected chi connectivity index (χ0v) is 12.4. The molecule has 2 rings (SSSR count). The summed E-state index contributed by atoms with van der Waals surface area (Å²) in [5, 5.41) is 14.9. The first kappa shape index (κ1) is 15.1. The first-order valence-electron chi connectivity index (χ1n) is 7.54. The number of carbonyl (C=O) groups is 1. The normalized spacial score (nSPS) is 30.1. The van der Waals surface area contributed by atoms with Gasteiger partial charge in [-0.1, -0.05) is 19.0 Å². The molecule has 0 spiro atoms. The van der Waals surface area contributed by atoms with Gasteiger partial charge in [0.15, 0.2) is 5.84 Å². The van der Waals surface area contributed by atoms with Gasteiger partial charge in [-0.3, -0.25) is 9.69 Å². The first-order valence-corrected chi connectivity index (χ1v) is 7.54. The van der Waals surface area contributed by atoms with E-state index >= 15 is 0 Å². The smallest absolute Gasteiger partial charge is 0.234 e. The molecular weight excluding hydrogens is 256 g/mol. The van der Waals surface area contributed by atoms with Crippen molar-refractivity contribution in [2.75, 3.05) is 19.6 Å². The standard InChI is InChI=1S/C14H26N4O2/c1-3-18(11-4-5-11)7-6-16-13(19)14(12(15)17-20)8-10(2)9-14/h10-11,20H,3-9H2,1-2H3,(H2,15,17)(H,16,19).